The first-order valence-electron chi connectivity index (χ1n) is 13.9. The van der Waals surface area contributed by atoms with Crippen LogP contribution in [0.2, 0.25) is 0 Å². The van der Waals surface area contributed by atoms with Crippen LogP contribution in [0.3, 0.4) is 0 Å². The van der Waals surface area contributed by atoms with Crippen LogP contribution in [-0.2, 0) is 23.8 Å². The van der Waals surface area contributed by atoms with Gasteiger partial charge in [-0.15, -0.1) is 0 Å². The van der Waals surface area contributed by atoms with E-state index in [4.69, 9.17) is 19.5 Å². The molecule has 2 aliphatic rings. The van der Waals surface area contributed by atoms with Crippen molar-refractivity contribution in [2.24, 2.45) is 26.7 Å². The van der Waals surface area contributed by atoms with Gasteiger partial charge < -0.3 is 19.5 Å². The summed E-state index contributed by atoms with van der Waals surface area (Å²) in [6, 6.07) is -0.0404. The molecular weight excluding hydrogens is 486 g/mol. The standard InChI is InChI=1S/C29H47N3O6/c1-26(2)13-22(32-21-33)14-28(5,17-26)10-9-24(34)36-11-7-8-12-37-25(35)31-19-29(6)16-23(38-20-30)15-27(3,4)18-29/h22-23H,7-19H2,1-6H3,(H,31,35). The van der Waals surface area contributed by atoms with E-state index in [0.29, 0.717) is 38.6 Å². The zero-order valence-corrected chi connectivity index (χ0v) is 24.2. The summed E-state index contributed by atoms with van der Waals surface area (Å²) in [5.41, 5.74) is -0.159. The third-order valence-corrected chi connectivity index (χ3v) is 7.91. The Kier molecular flexibility index (Phi) is 11.2. The summed E-state index contributed by atoms with van der Waals surface area (Å²) in [5.74, 6) is -0.231. The Morgan fingerprint density at radius 1 is 0.921 bits per heavy atom. The molecule has 2 aliphatic carbocycles. The summed E-state index contributed by atoms with van der Waals surface area (Å²) >= 11 is 0. The molecule has 0 spiro atoms. The topological polar surface area (TPSA) is 127 Å². The van der Waals surface area contributed by atoms with Gasteiger partial charge in [-0.05, 0) is 79.4 Å². The number of carbonyl (C=O) groups is 2. The number of ether oxygens (including phenoxy) is 3. The molecule has 4 unspecified atom stereocenters. The smallest absolute Gasteiger partial charge is 0.407 e. The molecule has 0 heterocycles. The molecule has 0 radical (unpaired) electrons. The van der Waals surface area contributed by atoms with Crippen LogP contribution in [-0.4, -0.2) is 50.0 Å². The normalized spacial score (nSPS) is 29.7. The number of hydrogen-bond acceptors (Lipinski definition) is 8. The molecule has 4 atom stereocenters. The van der Waals surface area contributed by atoms with Crippen molar-refractivity contribution in [1.82, 2.24) is 5.32 Å². The van der Waals surface area contributed by atoms with Crippen molar-refractivity contribution in [3.05, 3.63) is 0 Å². The number of hydrogen-bond donors (Lipinski definition) is 1. The number of nitrogens with one attached hydrogen (secondary N) is 1. The lowest BCUT2D eigenvalue weighted by Crippen LogP contribution is -2.45. The number of alkyl carbamates (subject to hydrolysis) is 1. The number of nitriles is 1. The van der Waals surface area contributed by atoms with Crippen LogP contribution in [0.1, 0.15) is 106 Å². The van der Waals surface area contributed by atoms with E-state index in [2.05, 4.69) is 51.9 Å². The Bertz CT molecular complexity index is 906. The third kappa shape index (κ3) is 11.0. The van der Waals surface area contributed by atoms with Gasteiger partial charge in [-0.1, -0.05) is 41.5 Å². The molecule has 9 heteroatoms. The lowest BCUT2D eigenvalue weighted by molar-refractivity contribution is -0.144. The molecule has 2 saturated carbocycles. The number of carbonyl (C=O) groups excluding carboxylic acids is 3. The molecule has 0 aromatic heterocycles. The number of aliphatic imine (C=N–C) groups is 1. The van der Waals surface area contributed by atoms with Gasteiger partial charge in [0.25, 0.3) is 6.26 Å². The Labute approximate surface area is 228 Å². The Morgan fingerprint density at radius 3 is 2.21 bits per heavy atom. The number of rotatable bonds is 12. The Morgan fingerprint density at radius 2 is 1.55 bits per heavy atom. The lowest BCUT2D eigenvalue weighted by atomic mass is 9.61. The predicted molar refractivity (Wildman–Crippen MR) is 143 cm³/mol. The van der Waals surface area contributed by atoms with Crippen molar-refractivity contribution in [1.29, 1.82) is 5.26 Å². The van der Waals surface area contributed by atoms with Crippen molar-refractivity contribution >= 4 is 18.1 Å². The first-order chi connectivity index (χ1) is 17.7. The van der Waals surface area contributed by atoms with Gasteiger partial charge in [0.05, 0.1) is 19.3 Å². The maximum absolute atomic E-state index is 12.3. The van der Waals surface area contributed by atoms with Crippen LogP contribution >= 0.6 is 0 Å². The number of nitrogens with zero attached hydrogens (tertiary/aromatic N) is 2. The van der Waals surface area contributed by atoms with E-state index >= 15 is 0 Å². The Hall–Kier alpha value is -2.59. The first kappa shape index (κ1) is 31.6. The SMILES string of the molecule is CC1(C)CC(N=C=O)CC(C)(CCC(=O)OCCCCOC(=O)NCC2(C)CC(OC#N)CC(C)(C)C2)C1. The molecule has 214 valence electrons. The average molecular weight is 534 g/mol. The zero-order valence-electron chi connectivity index (χ0n) is 24.2. The minimum atomic E-state index is -0.467. The Balaban J connectivity index is 1.61. The summed E-state index contributed by atoms with van der Waals surface area (Å²) in [7, 11) is 0. The largest absolute Gasteiger partial charge is 0.466 e. The van der Waals surface area contributed by atoms with Gasteiger partial charge in [-0.2, -0.15) is 5.26 Å². The van der Waals surface area contributed by atoms with Gasteiger partial charge in [0.15, 0.2) is 0 Å². The summed E-state index contributed by atoms with van der Waals surface area (Å²) in [5, 5.41) is 11.8. The molecule has 0 bridgehead atoms. The quantitative estimate of drug-likeness (QED) is 0.110. The van der Waals surface area contributed by atoms with E-state index in [1.807, 2.05) is 0 Å². The third-order valence-electron chi connectivity index (χ3n) is 7.91. The molecule has 2 fully saturated rings. The van der Waals surface area contributed by atoms with Crippen molar-refractivity contribution in [2.45, 2.75) is 118 Å². The van der Waals surface area contributed by atoms with E-state index in [9.17, 15) is 14.4 Å². The van der Waals surface area contributed by atoms with E-state index in [1.165, 1.54) is 0 Å². The molecule has 38 heavy (non-hydrogen) atoms. The fourth-order valence-corrected chi connectivity index (χ4v) is 7.13. The number of isocyanates is 1. The fraction of sp³-hybridized carbons (Fsp3) is 0.862. The van der Waals surface area contributed by atoms with Crippen molar-refractivity contribution in [3.8, 4) is 6.26 Å². The molecule has 0 saturated heterocycles. The van der Waals surface area contributed by atoms with Crippen LogP contribution in [0.4, 0.5) is 4.79 Å². The van der Waals surface area contributed by atoms with Crippen LogP contribution in [0, 0.1) is 33.2 Å². The van der Waals surface area contributed by atoms with E-state index in [1.54, 1.807) is 12.3 Å². The maximum atomic E-state index is 12.3. The molecule has 0 aliphatic heterocycles. The van der Waals surface area contributed by atoms with Crippen molar-refractivity contribution in [2.75, 3.05) is 19.8 Å². The number of amides is 1. The second kappa shape index (κ2) is 13.5. The van der Waals surface area contributed by atoms with Crippen LogP contribution in [0.15, 0.2) is 4.99 Å². The van der Waals surface area contributed by atoms with E-state index in [0.717, 1.165) is 32.1 Å². The highest BCUT2D eigenvalue weighted by Crippen LogP contribution is 2.49. The maximum Gasteiger partial charge on any atom is 0.407 e. The summed E-state index contributed by atoms with van der Waals surface area (Å²) in [6.07, 6.45) is 10.2. The van der Waals surface area contributed by atoms with Crippen LogP contribution in [0.5, 0.6) is 0 Å². The van der Waals surface area contributed by atoms with Gasteiger partial charge >= 0.3 is 12.1 Å². The minimum absolute atomic E-state index is 0.0234. The van der Waals surface area contributed by atoms with Crippen molar-refractivity contribution < 1.29 is 28.6 Å². The molecule has 0 aromatic rings. The van der Waals surface area contributed by atoms with Crippen LogP contribution in [0.25, 0.3) is 0 Å². The first-order valence-corrected chi connectivity index (χ1v) is 13.9. The lowest BCUT2D eigenvalue weighted by Gasteiger charge is -2.45. The van der Waals surface area contributed by atoms with Gasteiger partial charge in [0.2, 0.25) is 6.08 Å². The fourth-order valence-electron chi connectivity index (χ4n) is 7.13. The minimum Gasteiger partial charge on any atom is -0.466 e. The zero-order chi connectivity index (χ0) is 28.5. The molecule has 9 nitrogen and oxygen atoms in total. The predicted octanol–water partition coefficient (Wildman–Crippen LogP) is 5.82. The highest BCUT2D eigenvalue weighted by Gasteiger charge is 2.43. The van der Waals surface area contributed by atoms with Crippen LogP contribution < -0.4 is 5.32 Å². The molecule has 1 amide bonds. The van der Waals surface area contributed by atoms with Gasteiger partial charge in [-0.25, -0.2) is 14.6 Å². The van der Waals surface area contributed by atoms with Crippen molar-refractivity contribution in [3.63, 3.8) is 0 Å². The van der Waals surface area contributed by atoms with Gasteiger partial charge in [0.1, 0.15) is 6.10 Å². The van der Waals surface area contributed by atoms with E-state index < -0.39 is 6.09 Å². The van der Waals surface area contributed by atoms with Gasteiger partial charge in [0, 0.05) is 13.0 Å². The summed E-state index contributed by atoms with van der Waals surface area (Å²) < 4.78 is 15.9. The molecule has 0 aromatic carbocycles. The molecule has 1 N–H and O–H groups in total. The molecular formula is C29H47N3O6. The van der Waals surface area contributed by atoms with E-state index in [-0.39, 0.29) is 53.0 Å². The number of esters is 1. The molecule has 2 rings (SSSR count). The second-order valence-electron chi connectivity index (χ2n) is 13.7. The highest BCUT2D eigenvalue weighted by molar-refractivity contribution is 5.69. The average Bonchev–Trinajstić information content (AvgIpc) is 2.76. The number of unbranched alkanes of at least 4 members (excludes halogenated alkanes) is 1. The summed E-state index contributed by atoms with van der Waals surface area (Å²) in [6.45, 7) is 13.9. The monoisotopic (exact) mass is 533 g/mol. The second-order valence-corrected chi connectivity index (χ2v) is 13.7. The summed E-state index contributed by atoms with van der Waals surface area (Å²) in [4.78, 5) is 39.2. The highest BCUT2D eigenvalue weighted by atomic mass is 16.5. The van der Waals surface area contributed by atoms with Gasteiger partial charge in [-0.3, -0.25) is 4.79 Å².